The second kappa shape index (κ2) is 5.33. The molecule has 1 aliphatic heterocycles. The van der Waals surface area contributed by atoms with Gasteiger partial charge in [0.1, 0.15) is 6.17 Å². The highest BCUT2D eigenvalue weighted by atomic mass is 19.4. The van der Waals surface area contributed by atoms with Crippen LogP contribution in [-0.4, -0.2) is 22.9 Å². The summed E-state index contributed by atoms with van der Waals surface area (Å²) in [5, 5.41) is 3.24. The van der Waals surface area contributed by atoms with E-state index < -0.39 is 17.3 Å². The smallest absolute Gasteiger partial charge is 0.322 e. The Balaban J connectivity index is 2.31. The Morgan fingerprint density at radius 3 is 2.24 bits per heavy atom. The van der Waals surface area contributed by atoms with Crippen molar-refractivity contribution >= 4 is 5.91 Å². The Morgan fingerprint density at radius 1 is 1.24 bits per heavy atom. The van der Waals surface area contributed by atoms with Crippen molar-refractivity contribution in [3.8, 4) is 0 Å². The minimum absolute atomic E-state index is 0.0163. The van der Waals surface area contributed by atoms with E-state index in [9.17, 15) is 18.0 Å². The van der Waals surface area contributed by atoms with Crippen LogP contribution in [0.25, 0.3) is 0 Å². The van der Waals surface area contributed by atoms with Crippen molar-refractivity contribution in [3.63, 3.8) is 0 Å². The maximum Gasteiger partial charge on any atom is 0.416 e. The summed E-state index contributed by atoms with van der Waals surface area (Å²) in [4.78, 5) is 14.0. The van der Waals surface area contributed by atoms with E-state index in [0.717, 1.165) is 12.1 Å². The van der Waals surface area contributed by atoms with Gasteiger partial charge in [-0.25, -0.2) is 0 Å². The molecular formula is C15H19F3N2O. The van der Waals surface area contributed by atoms with Gasteiger partial charge in [-0.15, -0.1) is 0 Å². The molecule has 0 radical (unpaired) electrons. The van der Waals surface area contributed by atoms with Crippen LogP contribution in [0.15, 0.2) is 24.3 Å². The normalized spacial score (nSPS) is 26.5. The zero-order chi connectivity index (χ0) is 15.8. The lowest BCUT2D eigenvalue weighted by Crippen LogP contribution is -2.42. The minimum atomic E-state index is -4.35. The molecule has 1 aromatic carbocycles. The molecule has 0 aromatic heterocycles. The van der Waals surface area contributed by atoms with Crippen LogP contribution in [0.3, 0.4) is 0 Å². The summed E-state index contributed by atoms with van der Waals surface area (Å²) >= 11 is 0. The fourth-order valence-electron chi connectivity index (χ4n) is 2.57. The number of hydrogen-bond donors (Lipinski definition) is 1. The van der Waals surface area contributed by atoms with Gasteiger partial charge >= 0.3 is 6.18 Å². The zero-order valence-corrected chi connectivity index (χ0v) is 12.3. The number of carbonyl (C=O) groups excluding carboxylic acids is 1. The lowest BCUT2D eigenvalue weighted by atomic mass is 9.99. The lowest BCUT2D eigenvalue weighted by molar-refractivity contribution is -0.137. The van der Waals surface area contributed by atoms with Gasteiger partial charge in [0.15, 0.2) is 0 Å². The third-order valence-electron chi connectivity index (χ3n) is 4.10. The second-order valence-electron chi connectivity index (χ2n) is 5.44. The molecule has 1 heterocycles. The first-order valence-corrected chi connectivity index (χ1v) is 6.99. The number of benzene rings is 1. The van der Waals surface area contributed by atoms with Gasteiger partial charge in [0.2, 0.25) is 5.91 Å². The highest BCUT2D eigenvalue weighted by Gasteiger charge is 2.46. The molecule has 3 nitrogen and oxygen atoms in total. The molecule has 2 rings (SSSR count). The van der Waals surface area contributed by atoms with Crippen LogP contribution in [0.1, 0.15) is 44.5 Å². The molecule has 1 aliphatic rings. The molecule has 2 atom stereocenters. The molecular weight excluding hydrogens is 281 g/mol. The molecule has 0 spiro atoms. The van der Waals surface area contributed by atoms with Gasteiger partial charge in [-0.1, -0.05) is 19.1 Å². The van der Waals surface area contributed by atoms with Crippen molar-refractivity contribution in [2.24, 2.45) is 0 Å². The van der Waals surface area contributed by atoms with E-state index in [4.69, 9.17) is 0 Å². The van der Waals surface area contributed by atoms with Crippen LogP contribution in [0.4, 0.5) is 13.2 Å². The second-order valence-corrected chi connectivity index (χ2v) is 5.44. The summed E-state index contributed by atoms with van der Waals surface area (Å²) in [5.41, 5.74) is -0.684. The van der Waals surface area contributed by atoms with Gasteiger partial charge in [0.05, 0.1) is 11.1 Å². The van der Waals surface area contributed by atoms with Gasteiger partial charge < -0.3 is 4.90 Å². The van der Waals surface area contributed by atoms with Crippen LogP contribution in [0.2, 0.25) is 0 Å². The van der Waals surface area contributed by atoms with Crippen molar-refractivity contribution in [2.45, 2.75) is 45.1 Å². The highest BCUT2D eigenvalue weighted by Crippen LogP contribution is 2.34. The van der Waals surface area contributed by atoms with E-state index in [1.54, 1.807) is 4.90 Å². The first-order valence-electron chi connectivity index (χ1n) is 6.99. The van der Waals surface area contributed by atoms with Crippen LogP contribution in [0, 0.1) is 0 Å². The molecule has 2 unspecified atom stereocenters. The summed E-state index contributed by atoms with van der Waals surface area (Å²) < 4.78 is 37.8. The van der Waals surface area contributed by atoms with Gasteiger partial charge in [0.25, 0.3) is 0 Å². The number of halogens is 3. The minimum Gasteiger partial charge on any atom is -0.322 e. The van der Waals surface area contributed by atoms with Crippen LogP contribution in [0.5, 0.6) is 0 Å². The number of alkyl halides is 3. The van der Waals surface area contributed by atoms with E-state index in [-0.39, 0.29) is 12.1 Å². The molecule has 1 saturated heterocycles. The Bertz CT molecular complexity index is 527. The van der Waals surface area contributed by atoms with E-state index in [1.165, 1.54) is 12.1 Å². The molecule has 1 fully saturated rings. The number of hydrogen-bond acceptors (Lipinski definition) is 2. The molecule has 1 aromatic rings. The zero-order valence-electron chi connectivity index (χ0n) is 12.3. The molecule has 1 amide bonds. The summed E-state index contributed by atoms with van der Waals surface area (Å²) in [7, 11) is 0. The van der Waals surface area contributed by atoms with E-state index in [1.807, 2.05) is 20.8 Å². The molecule has 21 heavy (non-hydrogen) atoms. The van der Waals surface area contributed by atoms with Gasteiger partial charge in [0, 0.05) is 6.54 Å². The van der Waals surface area contributed by atoms with E-state index >= 15 is 0 Å². The molecule has 116 valence electrons. The average molecular weight is 300 g/mol. The van der Waals surface area contributed by atoms with Crippen molar-refractivity contribution in [1.82, 2.24) is 10.2 Å². The van der Waals surface area contributed by atoms with Crippen molar-refractivity contribution < 1.29 is 18.0 Å². The summed E-state index contributed by atoms with van der Waals surface area (Å²) in [6, 6.07) is 4.96. The summed E-state index contributed by atoms with van der Waals surface area (Å²) in [6.45, 7) is 6.10. The average Bonchev–Trinajstić information content (AvgIpc) is 2.71. The Labute approximate surface area is 122 Å². The van der Waals surface area contributed by atoms with Gasteiger partial charge in [-0.3, -0.25) is 10.1 Å². The summed E-state index contributed by atoms with van der Waals surface area (Å²) in [5.74, 6) is -0.0163. The first-order chi connectivity index (χ1) is 9.73. The fraction of sp³-hybridized carbons (Fsp3) is 0.533. The van der Waals surface area contributed by atoms with Crippen molar-refractivity contribution in [2.75, 3.05) is 6.54 Å². The van der Waals surface area contributed by atoms with E-state index in [0.29, 0.717) is 18.5 Å². The molecule has 6 heteroatoms. The predicted molar refractivity (Wildman–Crippen MR) is 73.4 cm³/mol. The first kappa shape index (κ1) is 15.8. The molecule has 0 saturated carbocycles. The number of nitrogens with one attached hydrogen (secondary N) is 1. The third kappa shape index (κ3) is 2.77. The monoisotopic (exact) mass is 300 g/mol. The maximum atomic E-state index is 12.6. The van der Waals surface area contributed by atoms with Crippen LogP contribution >= 0.6 is 0 Å². The number of likely N-dealkylation sites (N-methyl/N-ethyl adjacent to an activating group) is 1. The predicted octanol–water partition coefficient (Wildman–Crippen LogP) is 3.32. The molecule has 0 aliphatic carbocycles. The quantitative estimate of drug-likeness (QED) is 0.928. The summed E-state index contributed by atoms with van der Waals surface area (Å²) in [6.07, 6.45) is -4.10. The van der Waals surface area contributed by atoms with Gasteiger partial charge in [-0.2, -0.15) is 13.2 Å². The van der Waals surface area contributed by atoms with E-state index in [2.05, 4.69) is 5.32 Å². The fourth-order valence-corrected chi connectivity index (χ4v) is 2.57. The largest absolute Gasteiger partial charge is 0.416 e. The number of carbonyl (C=O) groups is 1. The third-order valence-corrected chi connectivity index (χ3v) is 4.10. The lowest BCUT2D eigenvalue weighted by Gasteiger charge is -2.23. The van der Waals surface area contributed by atoms with Crippen LogP contribution < -0.4 is 5.32 Å². The van der Waals surface area contributed by atoms with Crippen LogP contribution in [-0.2, 0) is 11.0 Å². The van der Waals surface area contributed by atoms with Crippen molar-refractivity contribution in [3.05, 3.63) is 35.4 Å². The Kier molecular flexibility index (Phi) is 4.02. The van der Waals surface area contributed by atoms with Crippen molar-refractivity contribution in [1.29, 1.82) is 0 Å². The SMILES string of the molecule is CCN1C(=O)C(C)(CC)NC1c1ccc(C(F)(F)F)cc1. The Morgan fingerprint density at radius 2 is 1.81 bits per heavy atom. The molecule has 0 bridgehead atoms. The molecule has 1 N–H and O–H groups in total. The number of nitrogens with zero attached hydrogens (tertiary/aromatic N) is 1. The standard InChI is InChI=1S/C15H19F3N2O/c1-4-14(3)13(21)20(5-2)12(19-14)10-6-8-11(9-7-10)15(16,17)18/h6-9,12,19H,4-5H2,1-3H3. The highest BCUT2D eigenvalue weighted by molar-refractivity contribution is 5.88. The number of rotatable bonds is 3. The Hall–Kier alpha value is -1.56. The maximum absolute atomic E-state index is 12.6. The topological polar surface area (TPSA) is 32.3 Å². The number of amides is 1. The van der Waals surface area contributed by atoms with Gasteiger partial charge in [-0.05, 0) is 38.0 Å².